The van der Waals surface area contributed by atoms with E-state index in [0.717, 1.165) is 5.82 Å². The van der Waals surface area contributed by atoms with E-state index < -0.39 is 0 Å². The van der Waals surface area contributed by atoms with Crippen LogP contribution in [0, 0.1) is 10.3 Å². The van der Waals surface area contributed by atoms with Crippen LogP contribution in [0.5, 0.6) is 0 Å². The average molecular weight is 225 g/mol. The maximum Gasteiger partial charge on any atom is 0.136 e. The summed E-state index contributed by atoms with van der Waals surface area (Å²) in [5.74, 6) is 0.726. The SMILES string of the molecule is CN1C=CN(COCC(C)(C)C)/C1=C/N=O. The van der Waals surface area contributed by atoms with E-state index in [-0.39, 0.29) is 5.41 Å². The Morgan fingerprint density at radius 3 is 2.69 bits per heavy atom. The summed E-state index contributed by atoms with van der Waals surface area (Å²) in [5, 5.41) is 2.78. The van der Waals surface area contributed by atoms with Crippen molar-refractivity contribution in [2.24, 2.45) is 10.6 Å². The molecule has 0 aromatic rings. The van der Waals surface area contributed by atoms with Crippen molar-refractivity contribution in [2.45, 2.75) is 20.8 Å². The first-order valence-electron chi connectivity index (χ1n) is 5.22. The topological polar surface area (TPSA) is 45.1 Å². The van der Waals surface area contributed by atoms with Crippen LogP contribution in [0.25, 0.3) is 0 Å². The van der Waals surface area contributed by atoms with Gasteiger partial charge in [-0.05, 0) is 10.6 Å². The van der Waals surface area contributed by atoms with E-state index >= 15 is 0 Å². The lowest BCUT2D eigenvalue weighted by Gasteiger charge is -2.24. The number of ether oxygens (including phenoxy) is 1. The molecular weight excluding hydrogens is 206 g/mol. The van der Waals surface area contributed by atoms with Gasteiger partial charge >= 0.3 is 0 Å². The van der Waals surface area contributed by atoms with Crippen molar-refractivity contribution in [2.75, 3.05) is 20.4 Å². The van der Waals surface area contributed by atoms with E-state index in [9.17, 15) is 4.91 Å². The van der Waals surface area contributed by atoms with Gasteiger partial charge in [-0.3, -0.25) is 0 Å². The highest BCUT2D eigenvalue weighted by atomic mass is 16.5. The van der Waals surface area contributed by atoms with E-state index in [4.69, 9.17) is 4.74 Å². The predicted molar refractivity (Wildman–Crippen MR) is 62.9 cm³/mol. The van der Waals surface area contributed by atoms with Crippen LogP contribution in [-0.4, -0.2) is 30.2 Å². The van der Waals surface area contributed by atoms with Crippen molar-refractivity contribution >= 4 is 0 Å². The Morgan fingerprint density at radius 1 is 1.44 bits per heavy atom. The molecule has 0 saturated heterocycles. The van der Waals surface area contributed by atoms with Crippen molar-refractivity contribution in [1.29, 1.82) is 0 Å². The summed E-state index contributed by atoms with van der Waals surface area (Å²) < 4.78 is 5.57. The maximum absolute atomic E-state index is 10.2. The van der Waals surface area contributed by atoms with Crippen LogP contribution in [0.4, 0.5) is 0 Å². The zero-order valence-corrected chi connectivity index (χ0v) is 10.3. The summed E-state index contributed by atoms with van der Waals surface area (Å²) in [6.07, 6.45) is 5.00. The van der Waals surface area contributed by atoms with Gasteiger partial charge in [0.1, 0.15) is 18.8 Å². The molecule has 5 heteroatoms. The van der Waals surface area contributed by atoms with Gasteiger partial charge in [0.05, 0.1) is 6.61 Å². The van der Waals surface area contributed by atoms with Crippen LogP contribution in [0.2, 0.25) is 0 Å². The second-order valence-electron chi connectivity index (χ2n) is 5.01. The second-order valence-corrected chi connectivity index (χ2v) is 5.01. The Bertz CT molecular complexity index is 305. The summed E-state index contributed by atoms with van der Waals surface area (Å²) in [4.78, 5) is 13.9. The Kier molecular flexibility index (Phi) is 4.06. The van der Waals surface area contributed by atoms with Crippen LogP contribution >= 0.6 is 0 Å². The number of nitrogens with zero attached hydrogens (tertiary/aromatic N) is 3. The molecule has 0 fully saturated rings. The van der Waals surface area contributed by atoms with Gasteiger partial charge in [0.15, 0.2) is 0 Å². The summed E-state index contributed by atoms with van der Waals surface area (Å²) in [5.41, 5.74) is 0.141. The molecule has 1 aliphatic heterocycles. The van der Waals surface area contributed by atoms with E-state index in [1.54, 1.807) is 0 Å². The van der Waals surface area contributed by atoms with Gasteiger partial charge in [-0.1, -0.05) is 20.8 Å². The molecule has 1 rings (SSSR count). The van der Waals surface area contributed by atoms with E-state index in [1.165, 1.54) is 6.20 Å². The summed E-state index contributed by atoms with van der Waals surface area (Å²) in [6, 6.07) is 0. The van der Waals surface area contributed by atoms with Crippen LogP contribution < -0.4 is 0 Å². The molecule has 0 aliphatic carbocycles. The van der Waals surface area contributed by atoms with Crippen molar-refractivity contribution in [3.8, 4) is 0 Å². The molecule has 5 nitrogen and oxygen atoms in total. The highest BCUT2D eigenvalue weighted by molar-refractivity contribution is 5.12. The van der Waals surface area contributed by atoms with Gasteiger partial charge < -0.3 is 14.5 Å². The predicted octanol–water partition coefficient (Wildman–Crippen LogP) is 2.29. The third kappa shape index (κ3) is 3.66. The van der Waals surface area contributed by atoms with Crippen molar-refractivity contribution in [1.82, 2.24) is 9.80 Å². The second kappa shape index (κ2) is 5.12. The minimum absolute atomic E-state index is 0.141. The van der Waals surface area contributed by atoms with Crippen LogP contribution in [-0.2, 0) is 4.74 Å². The van der Waals surface area contributed by atoms with Gasteiger partial charge in [-0.25, -0.2) is 0 Å². The first-order valence-corrected chi connectivity index (χ1v) is 5.22. The number of nitroso groups, excluding NO2 is 1. The molecule has 0 saturated carbocycles. The number of hydrogen-bond acceptors (Lipinski definition) is 5. The molecule has 90 valence electrons. The molecule has 1 aliphatic rings. The van der Waals surface area contributed by atoms with Gasteiger partial charge in [-0.2, -0.15) is 0 Å². The molecule has 1 heterocycles. The molecule has 16 heavy (non-hydrogen) atoms. The third-order valence-electron chi connectivity index (χ3n) is 2.06. The van der Waals surface area contributed by atoms with E-state index in [1.807, 2.05) is 29.2 Å². The first kappa shape index (κ1) is 12.7. The third-order valence-corrected chi connectivity index (χ3v) is 2.06. The Balaban J connectivity index is 2.46. The van der Waals surface area contributed by atoms with E-state index in [0.29, 0.717) is 13.3 Å². The monoisotopic (exact) mass is 225 g/mol. The fraction of sp³-hybridized carbons (Fsp3) is 0.636. The summed E-state index contributed by atoms with van der Waals surface area (Å²) in [7, 11) is 1.86. The molecule has 0 bridgehead atoms. The zero-order valence-electron chi connectivity index (χ0n) is 10.3. The molecule has 0 unspecified atom stereocenters. The van der Waals surface area contributed by atoms with Crippen LogP contribution in [0.3, 0.4) is 0 Å². The fourth-order valence-corrected chi connectivity index (χ4v) is 1.31. The van der Waals surface area contributed by atoms with Crippen molar-refractivity contribution in [3.05, 3.63) is 29.3 Å². The van der Waals surface area contributed by atoms with Crippen molar-refractivity contribution < 1.29 is 4.74 Å². The highest BCUT2D eigenvalue weighted by Crippen LogP contribution is 2.19. The molecule has 0 amide bonds. The molecule has 0 spiro atoms. The van der Waals surface area contributed by atoms with Crippen LogP contribution in [0.15, 0.2) is 29.6 Å². The molecule has 0 atom stereocenters. The normalized spacial score (nSPS) is 18.6. The lowest BCUT2D eigenvalue weighted by Crippen LogP contribution is -2.25. The highest BCUT2D eigenvalue weighted by Gasteiger charge is 2.18. The van der Waals surface area contributed by atoms with Gasteiger partial charge in [0, 0.05) is 19.4 Å². The minimum Gasteiger partial charge on any atom is -0.360 e. The van der Waals surface area contributed by atoms with Crippen molar-refractivity contribution in [3.63, 3.8) is 0 Å². The lowest BCUT2D eigenvalue weighted by molar-refractivity contribution is 0.0224. The first-order chi connectivity index (χ1) is 7.44. The number of rotatable bonds is 4. The Hall–Kier alpha value is -1.36. The smallest absolute Gasteiger partial charge is 0.136 e. The fourth-order valence-electron chi connectivity index (χ4n) is 1.31. The van der Waals surface area contributed by atoms with E-state index in [2.05, 4.69) is 25.9 Å². The van der Waals surface area contributed by atoms with Gasteiger partial charge in [0.25, 0.3) is 0 Å². The largest absolute Gasteiger partial charge is 0.360 e. The maximum atomic E-state index is 10.2. The standard InChI is InChI=1S/C11H19N3O2/c1-11(2,3)8-16-9-14-6-5-13(4)10(14)7-12-15/h5-7H,8-9H2,1-4H3/b10-7+. The number of hydrogen-bond donors (Lipinski definition) is 0. The Morgan fingerprint density at radius 2 is 2.12 bits per heavy atom. The van der Waals surface area contributed by atoms with Crippen LogP contribution in [0.1, 0.15) is 20.8 Å². The molecule has 0 aromatic carbocycles. The lowest BCUT2D eigenvalue weighted by atomic mass is 9.99. The summed E-state index contributed by atoms with van der Waals surface area (Å²) >= 11 is 0. The Labute approximate surface area is 96.3 Å². The quantitative estimate of drug-likeness (QED) is 0.689. The molecule has 0 N–H and O–H groups in total. The molecular formula is C11H19N3O2. The molecule has 0 aromatic heterocycles. The average Bonchev–Trinajstić information content (AvgIpc) is 2.48. The van der Waals surface area contributed by atoms with Gasteiger partial charge in [0.2, 0.25) is 0 Å². The van der Waals surface area contributed by atoms with Gasteiger partial charge in [-0.15, -0.1) is 4.91 Å². The summed E-state index contributed by atoms with van der Waals surface area (Å²) in [6.45, 7) is 7.44. The molecule has 0 radical (unpaired) electrons. The minimum atomic E-state index is 0.141. The zero-order chi connectivity index (χ0) is 12.2.